The molecular formula is C17H20N2O2. The van der Waals surface area contributed by atoms with Crippen LogP contribution in [0, 0.1) is 0 Å². The third-order valence-corrected chi connectivity index (χ3v) is 4.00. The van der Waals surface area contributed by atoms with Gasteiger partial charge in [-0.3, -0.25) is 0 Å². The van der Waals surface area contributed by atoms with Crippen LogP contribution in [0.4, 0.5) is 10.5 Å². The van der Waals surface area contributed by atoms with E-state index in [4.69, 9.17) is 4.42 Å². The Bertz CT molecular complexity index is 590. The molecule has 0 unspecified atom stereocenters. The van der Waals surface area contributed by atoms with Gasteiger partial charge in [-0.05, 0) is 49.1 Å². The van der Waals surface area contributed by atoms with Gasteiger partial charge in [-0.1, -0.05) is 19.1 Å². The van der Waals surface area contributed by atoms with Crippen molar-refractivity contribution in [1.82, 2.24) is 4.90 Å². The molecular weight excluding hydrogens is 264 g/mol. The minimum absolute atomic E-state index is 0.0508. The molecule has 2 amide bonds. The number of carbonyl (C=O) groups excluding carboxylic acids is 1. The number of anilines is 1. The summed E-state index contributed by atoms with van der Waals surface area (Å²) in [7, 11) is 0. The number of aryl methyl sites for hydroxylation is 1. The number of carbonyl (C=O) groups is 1. The van der Waals surface area contributed by atoms with Crippen LogP contribution < -0.4 is 5.32 Å². The predicted molar refractivity (Wildman–Crippen MR) is 82.2 cm³/mol. The molecule has 0 radical (unpaired) electrons. The minimum atomic E-state index is -0.0573. The van der Waals surface area contributed by atoms with Crippen molar-refractivity contribution < 1.29 is 9.21 Å². The summed E-state index contributed by atoms with van der Waals surface area (Å²) in [4.78, 5) is 14.3. The fourth-order valence-corrected chi connectivity index (χ4v) is 2.81. The Kier molecular flexibility index (Phi) is 3.95. The van der Waals surface area contributed by atoms with E-state index in [1.165, 1.54) is 5.56 Å². The average molecular weight is 284 g/mol. The largest absolute Gasteiger partial charge is 0.467 e. The van der Waals surface area contributed by atoms with Crippen LogP contribution in [0.2, 0.25) is 0 Å². The van der Waals surface area contributed by atoms with Crippen LogP contribution in [0.25, 0.3) is 0 Å². The summed E-state index contributed by atoms with van der Waals surface area (Å²) >= 11 is 0. The van der Waals surface area contributed by atoms with Gasteiger partial charge in [-0.15, -0.1) is 0 Å². The van der Waals surface area contributed by atoms with Crippen LogP contribution in [0.3, 0.4) is 0 Å². The molecule has 1 aliphatic rings. The van der Waals surface area contributed by atoms with E-state index in [1.54, 1.807) is 6.26 Å². The van der Waals surface area contributed by atoms with Gasteiger partial charge in [0.2, 0.25) is 0 Å². The first-order valence-electron chi connectivity index (χ1n) is 7.48. The van der Waals surface area contributed by atoms with Crippen molar-refractivity contribution in [3.05, 3.63) is 54.0 Å². The fraction of sp³-hybridized carbons (Fsp3) is 0.353. The van der Waals surface area contributed by atoms with E-state index in [-0.39, 0.29) is 12.1 Å². The van der Waals surface area contributed by atoms with Crippen LogP contribution in [0.15, 0.2) is 47.1 Å². The summed E-state index contributed by atoms with van der Waals surface area (Å²) in [6.07, 6.45) is 4.62. The first-order chi connectivity index (χ1) is 10.3. The smallest absolute Gasteiger partial charge is 0.322 e. The number of furan rings is 1. The molecule has 2 heterocycles. The topological polar surface area (TPSA) is 45.5 Å². The predicted octanol–water partition coefficient (Wildman–Crippen LogP) is 4.21. The minimum Gasteiger partial charge on any atom is -0.467 e. The molecule has 0 aliphatic carbocycles. The highest BCUT2D eigenvalue weighted by Gasteiger charge is 2.31. The second-order valence-electron chi connectivity index (χ2n) is 5.35. The van der Waals surface area contributed by atoms with Crippen molar-refractivity contribution in [2.75, 3.05) is 11.9 Å². The molecule has 1 aromatic carbocycles. The first kappa shape index (κ1) is 13.7. The highest BCUT2D eigenvalue weighted by molar-refractivity contribution is 5.89. The van der Waals surface area contributed by atoms with Gasteiger partial charge in [0.25, 0.3) is 0 Å². The molecule has 21 heavy (non-hydrogen) atoms. The maximum Gasteiger partial charge on any atom is 0.322 e. The monoisotopic (exact) mass is 284 g/mol. The zero-order valence-corrected chi connectivity index (χ0v) is 12.2. The van der Waals surface area contributed by atoms with Crippen LogP contribution in [-0.4, -0.2) is 17.5 Å². The van der Waals surface area contributed by atoms with Gasteiger partial charge in [-0.2, -0.15) is 0 Å². The van der Waals surface area contributed by atoms with Crippen LogP contribution in [-0.2, 0) is 6.42 Å². The zero-order valence-electron chi connectivity index (χ0n) is 12.2. The summed E-state index contributed by atoms with van der Waals surface area (Å²) in [5.74, 6) is 0.865. The summed E-state index contributed by atoms with van der Waals surface area (Å²) in [5, 5.41) is 2.97. The molecule has 0 bridgehead atoms. The van der Waals surface area contributed by atoms with Crippen molar-refractivity contribution in [2.24, 2.45) is 0 Å². The highest BCUT2D eigenvalue weighted by Crippen LogP contribution is 2.32. The van der Waals surface area contributed by atoms with Gasteiger partial charge in [0, 0.05) is 12.2 Å². The van der Waals surface area contributed by atoms with Gasteiger partial charge < -0.3 is 14.6 Å². The van der Waals surface area contributed by atoms with Gasteiger partial charge in [0.1, 0.15) is 5.76 Å². The van der Waals surface area contributed by atoms with Gasteiger partial charge >= 0.3 is 6.03 Å². The summed E-state index contributed by atoms with van der Waals surface area (Å²) < 4.78 is 5.46. The van der Waals surface area contributed by atoms with Crippen molar-refractivity contribution in [1.29, 1.82) is 0 Å². The third-order valence-electron chi connectivity index (χ3n) is 4.00. The van der Waals surface area contributed by atoms with Crippen molar-refractivity contribution in [2.45, 2.75) is 32.2 Å². The molecule has 1 fully saturated rings. The molecule has 1 aliphatic heterocycles. The van der Waals surface area contributed by atoms with E-state index in [1.807, 2.05) is 41.3 Å². The summed E-state index contributed by atoms with van der Waals surface area (Å²) in [5.41, 5.74) is 2.10. The molecule has 1 atom stereocenters. The van der Waals surface area contributed by atoms with Crippen molar-refractivity contribution >= 4 is 11.7 Å². The number of hydrogen-bond acceptors (Lipinski definition) is 2. The SMILES string of the molecule is CCc1ccc(NC(=O)N2CCC[C@H]2c2ccco2)cc1. The third kappa shape index (κ3) is 2.94. The molecule has 1 saturated heterocycles. The van der Waals surface area contributed by atoms with Gasteiger partial charge in [-0.25, -0.2) is 4.79 Å². The molecule has 1 aromatic heterocycles. The van der Waals surface area contributed by atoms with Gasteiger partial charge in [0.05, 0.1) is 12.3 Å². The highest BCUT2D eigenvalue weighted by atomic mass is 16.3. The maximum atomic E-state index is 12.4. The van der Waals surface area contributed by atoms with Crippen LogP contribution in [0.5, 0.6) is 0 Å². The molecule has 4 heteroatoms. The number of benzene rings is 1. The molecule has 4 nitrogen and oxygen atoms in total. The normalized spacial score (nSPS) is 18.0. The summed E-state index contributed by atoms with van der Waals surface area (Å²) in [6.45, 7) is 2.88. The van der Waals surface area contributed by atoms with Crippen LogP contribution >= 0.6 is 0 Å². The van der Waals surface area contributed by atoms with Gasteiger partial charge in [0.15, 0.2) is 0 Å². The Balaban J connectivity index is 1.69. The van der Waals surface area contributed by atoms with Crippen LogP contribution in [0.1, 0.15) is 37.1 Å². The molecule has 2 aromatic rings. The lowest BCUT2D eigenvalue weighted by molar-refractivity contribution is 0.200. The van der Waals surface area contributed by atoms with Crippen molar-refractivity contribution in [3.8, 4) is 0 Å². The zero-order chi connectivity index (χ0) is 14.7. The Morgan fingerprint density at radius 3 is 2.81 bits per heavy atom. The average Bonchev–Trinajstić information content (AvgIpc) is 3.18. The Morgan fingerprint density at radius 1 is 1.33 bits per heavy atom. The molecule has 0 spiro atoms. The number of hydrogen-bond donors (Lipinski definition) is 1. The molecule has 110 valence electrons. The Hall–Kier alpha value is -2.23. The fourth-order valence-electron chi connectivity index (χ4n) is 2.81. The van der Waals surface area contributed by atoms with E-state index in [0.717, 1.165) is 37.3 Å². The number of rotatable bonds is 3. The second kappa shape index (κ2) is 6.04. The number of nitrogens with zero attached hydrogens (tertiary/aromatic N) is 1. The Morgan fingerprint density at radius 2 is 2.14 bits per heavy atom. The lowest BCUT2D eigenvalue weighted by Crippen LogP contribution is -2.34. The number of nitrogens with one attached hydrogen (secondary N) is 1. The second-order valence-corrected chi connectivity index (χ2v) is 5.35. The standard InChI is InChI=1S/C17H20N2O2/c1-2-13-7-9-14(10-8-13)18-17(20)19-11-3-5-15(19)16-6-4-12-21-16/h4,6-10,12,15H,2-3,5,11H2,1H3,(H,18,20)/t15-/m0/s1. The van der Waals surface area contributed by atoms with E-state index in [2.05, 4.69) is 12.2 Å². The first-order valence-corrected chi connectivity index (χ1v) is 7.48. The lowest BCUT2D eigenvalue weighted by Gasteiger charge is -2.23. The quantitative estimate of drug-likeness (QED) is 0.917. The molecule has 1 N–H and O–H groups in total. The number of amides is 2. The lowest BCUT2D eigenvalue weighted by atomic mass is 10.1. The number of urea groups is 1. The summed E-state index contributed by atoms with van der Waals surface area (Å²) in [6, 6.07) is 11.8. The van der Waals surface area contributed by atoms with E-state index in [9.17, 15) is 4.79 Å². The molecule has 3 rings (SSSR count). The maximum absolute atomic E-state index is 12.4. The van der Waals surface area contributed by atoms with E-state index in [0.29, 0.717) is 0 Å². The molecule has 0 saturated carbocycles. The van der Waals surface area contributed by atoms with E-state index >= 15 is 0 Å². The number of likely N-dealkylation sites (tertiary alicyclic amines) is 1. The Labute approximate surface area is 124 Å². The van der Waals surface area contributed by atoms with E-state index < -0.39 is 0 Å². The van der Waals surface area contributed by atoms with Crippen molar-refractivity contribution in [3.63, 3.8) is 0 Å².